The molecule has 0 atom stereocenters. The molecule has 0 unspecified atom stereocenters. The molecule has 0 aliphatic heterocycles. The van der Waals surface area contributed by atoms with Crippen LogP contribution in [0.25, 0.3) is 22.2 Å². The number of benzene rings is 2. The molecule has 224 valence electrons. The summed E-state index contributed by atoms with van der Waals surface area (Å²) in [7, 11) is 7.29. The van der Waals surface area contributed by atoms with Gasteiger partial charge in [-0.1, -0.05) is 6.58 Å². The molecule has 4 aromatic rings. The molecule has 43 heavy (non-hydrogen) atoms. The van der Waals surface area contributed by atoms with E-state index in [0.717, 1.165) is 22.5 Å². The minimum atomic E-state index is -5.00. The highest BCUT2D eigenvalue weighted by Gasteiger charge is 2.33. The third-order valence-corrected chi connectivity index (χ3v) is 6.65. The third kappa shape index (κ3) is 7.22. The van der Waals surface area contributed by atoms with Crippen LogP contribution >= 0.6 is 0 Å². The van der Waals surface area contributed by atoms with Crippen molar-refractivity contribution in [1.29, 1.82) is 5.26 Å². The number of carbonyl (C=O) groups excluding carboxylic acids is 1. The van der Waals surface area contributed by atoms with Gasteiger partial charge >= 0.3 is 6.36 Å². The smallest absolute Gasteiger partial charge is 0.403 e. The molecule has 2 N–H and O–H groups in total. The SMILES string of the molecule is C=CC(=O)Nc1cc(Nc2nccc(-c3cc(C#N)c4c(c3)c(C)cn4C)n2)c(OC(F)(F)F)cc1N(C)CCN(C)C. The molecular weight excluding hydrogens is 561 g/mol. The number of aromatic nitrogens is 3. The monoisotopic (exact) mass is 592 g/mol. The normalized spacial score (nSPS) is 11.3. The molecule has 2 aromatic carbocycles. The number of nitriles is 1. The highest BCUT2D eigenvalue weighted by Crippen LogP contribution is 2.40. The number of aryl methyl sites for hydroxylation is 2. The number of anilines is 4. The van der Waals surface area contributed by atoms with Gasteiger partial charge in [-0.2, -0.15) is 5.26 Å². The van der Waals surface area contributed by atoms with Crippen molar-refractivity contribution in [3.8, 4) is 23.1 Å². The van der Waals surface area contributed by atoms with Gasteiger partial charge in [0, 0.05) is 56.6 Å². The van der Waals surface area contributed by atoms with Crippen LogP contribution in [0.4, 0.5) is 36.2 Å². The summed E-state index contributed by atoms with van der Waals surface area (Å²) < 4.78 is 46.8. The molecule has 2 heterocycles. The van der Waals surface area contributed by atoms with Gasteiger partial charge in [-0.25, -0.2) is 9.97 Å². The lowest BCUT2D eigenvalue weighted by atomic mass is 10.0. The summed E-state index contributed by atoms with van der Waals surface area (Å²) in [4.78, 5) is 24.6. The zero-order valence-electron chi connectivity index (χ0n) is 24.4. The van der Waals surface area contributed by atoms with Crippen LogP contribution in [-0.2, 0) is 11.8 Å². The third-order valence-electron chi connectivity index (χ3n) is 6.65. The van der Waals surface area contributed by atoms with Gasteiger partial charge < -0.3 is 29.7 Å². The Kier molecular flexibility index (Phi) is 8.91. The number of nitrogens with zero attached hydrogens (tertiary/aromatic N) is 6. The number of hydrogen-bond acceptors (Lipinski definition) is 8. The van der Waals surface area contributed by atoms with Crippen LogP contribution in [0.5, 0.6) is 5.75 Å². The van der Waals surface area contributed by atoms with Crippen LogP contribution in [-0.4, -0.2) is 65.9 Å². The standard InChI is InChI=1S/C30H31F3N8O2/c1-7-27(42)36-23-14-24(26(43-30(31,32)33)15-25(23)40(5)11-10-39(3)4)38-29-35-9-8-22(37-29)19-12-20(16-34)28-21(13-19)18(2)17-41(28)6/h7-9,12-15,17H,1,10-11H2,2-6H3,(H,36,42)(H,35,37,38). The molecule has 0 radical (unpaired) electrons. The Labute approximate surface area is 247 Å². The van der Waals surface area contributed by atoms with Crippen molar-refractivity contribution < 1.29 is 22.7 Å². The number of rotatable bonds is 10. The Balaban J connectivity index is 1.79. The maximum atomic E-state index is 13.5. The minimum Gasteiger partial charge on any atom is -0.403 e. The Hall–Kier alpha value is -5.09. The first-order valence-corrected chi connectivity index (χ1v) is 13.1. The Morgan fingerprint density at radius 2 is 1.93 bits per heavy atom. The lowest BCUT2D eigenvalue weighted by molar-refractivity contribution is -0.274. The number of halogens is 3. The van der Waals surface area contributed by atoms with Crippen molar-refractivity contribution in [2.24, 2.45) is 7.05 Å². The summed E-state index contributed by atoms with van der Waals surface area (Å²) in [6.07, 6.45) is -0.563. The molecule has 1 amide bonds. The molecule has 0 fully saturated rings. The first kappa shape index (κ1) is 30.9. The first-order valence-electron chi connectivity index (χ1n) is 13.1. The van der Waals surface area contributed by atoms with Crippen molar-refractivity contribution in [1.82, 2.24) is 19.4 Å². The van der Waals surface area contributed by atoms with Gasteiger partial charge in [0.2, 0.25) is 11.9 Å². The van der Waals surface area contributed by atoms with Crippen LogP contribution in [0.3, 0.4) is 0 Å². The molecule has 0 aliphatic rings. The molecule has 10 nitrogen and oxygen atoms in total. The number of hydrogen-bond donors (Lipinski definition) is 2. The van der Waals surface area contributed by atoms with E-state index in [2.05, 4.69) is 38.0 Å². The van der Waals surface area contributed by atoms with E-state index < -0.39 is 18.0 Å². The van der Waals surface area contributed by atoms with Crippen LogP contribution in [0, 0.1) is 18.3 Å². The fraction of sp³-hybridized carbons (Fsp3) is 0.267. The molecule has 2 aromatic heterocycles. The zero-order valence-corrected chi connectivity index (χ0v) is 24.4. The number of fused-ring (bicyclic) bond motifs is 1. The van der Waals surface area contributed by atoms with E-state index in [1.54, 1.807) is 24.1 Å². The number of likely N-dealkylation sites (N-methyl/N-ethyl adjacent to an activating group) is 2. The number of amides is 1. The van der Waals surface area contributed by atoms with E-state index in [9.17, 15) is 23.2 Å². The predicted molar refractivity (Wildman–Crippen MR) is 160 cm³/mol. The summed E-state index contributed by atoms with van der Waals surface area (Å²) in [5, 5.41) is 16.1. The number of alkyl halides is 3. The largest absolute Gasteiger partial charge is 0.573 e. The number of carbonyl (C=O) groups is 1. The molecule has 0 spiro atoms. The fourth-order valence-electron chi connectivity index (χ4n) is 4.62. The van der Waals surface area contributed by atoms with E-state index >= 15 is 0 Å². The number of nitrogens with one attached hydrogen (secondary N) is 2. The van der Waals surface area contributed by atoms with E-state index in [1.165, 1.54) is 18.3 Å². The van der Waals surface area contributed by atoms with Gasteiger partial charge in [-0.15, -0.1) is 13.2 Å². The van der Waals surface area contributed by atoms with Crippen LogP contribution < -0.4 is 20.3 Å². The second kappa shape index (κ2) is 12.4. The van der Waals surface area contributed by atoms with Crippen LogP contribution in [0.15, 0.2) is 55.4 Å². The fourth-order valence-corrected chi connectivity index (χ4v) is 4.62. The van der Waals surface area contributed by atoms with Crippen molar-refractivity contribution >= 4 is 39.8 Å². The summed E-state index contributed by atoms with van der Waals surface area (Å²) >= 11 is 0. The maximum Gasteiger partial charge on any atom is 0.573 e. The Bertz CT molecular complexity index is 1720. The second-order valence-electron chi connectivity index (χ2n) is 10.2. The topological polar surface area (TPSA) is 111 Å². The minimum absolute atomic E-state index is 0.0253. The van der Waals surface area contributed by atoms with Crippen LogP contribution in [0.2, 0.25) is 0 Å². The highest BCUT2D eigenvalue weighted by atomic mass is 19.4. The highest BCUT2D eigenvalue weighted by molar-refractivity contribution is 6.02. The lowest BCUT2D eigenvalue weighted by Gasteiger charge is -2.26. The second-order valence-corrected chi connectivity index (χ2v) is 10.2. The summed E-state index contributed by atoms with van der Waals surface area (Å²) in [6, 6.07) is 9.98. The molecule has 0 bridgehead atoms. The predicted octanol–water partition coefficient (Wildman–Crippen LogP) is 5.58. The van der Waals surface area contributed by atoms with Crippen molar-refractivity contribution in [2.45, 2.75) is 13.3 Å². The molecular formula is C30H31F3N8O2. The average molecular weight is 593 g/mol. The van der Waals surface area contributed by atoms with E-state index in [-0.39, 0.29) is 17.3 Å². The van der Waals surface area contributed by atoms with Crippen molar-refractivity contribution in [3.05, 3.63) is 66.5 Å². The summed E-state index contributed by atoms with van der Waals surface area (Å²) in [5.74, 6) is -1.11. The van der Waals surface area contributed by atoms with Gasteiger partial charge in [0.15, 0.2) is 5.75 Å². The molecule has 0 aliphatic carbocycles. The molecule has 13 heteroatoms. The quantitative estimate of drug-likeness (QED) is 0.230. The molecule has 0 saturated heterocycles. The zero-order chi connectivity index (χ0) is 31.5. The van der Waals surface area contributed by atoms with Crippen LogP contribution in [0.1, 0.15) is 11.1 Å². The van der Waals surface area contributed by atoms with Gasteiger partial charge in [0.25, 0.3) is 0 Å². The van der Waals surface area contributed by atoms with Crippen molar-refractivity contribution in [2.75, 3.05) is 49.8 Å². The molecule has 4 rings (SSSR count). The molecule has 0 saturated carbocycles. The van der Waals surface area contributed by atoms with Crippen molar-refractivity contribution in [3.63, 3.8) is 0 Å². The lowest BCUT2D eigenvalue weighted by Crippen LogP contribution is -2.29. The summed E-state index contributed by atoms with van der Waals surface area (Å²) in [6.45, 7) is 6.45. The van der Waals surface area contributed by atoms with E-state index in [4.69, 9.17) is 0 Å². The summed E-state index contributed by atoms with van der Waals surface area (Å²) in [5.41, 5.74) is 3.68. The average Bonchev–Trinajstić information content (AvgIpc) is 3.24. The van der Waals surface area contributed by atoms with E-state index in [0.29, 0.717) is 35.6 Å². The Morgan fingerprint density at radius 1 is 1.19 bits per heavy atom. The number of ether oxygens (including phenoxy) is 1. The Morgan fingerprint density at radius 3 is 2.58 bits per heavy atom. The van der Waals surface area contributed by atoms with Gasteiger partial charge in [-0.3, -0.25) is 4.79 Å². The van der Waals surface area contributed by atoms with E-state index in [1.807, 2.05) is 49.8 Å². The van der Waals surface area contributed by atoms with Gasteiger partial charge in [0.05, 0.1) is 33.8 Å². The van der Waals surface area contributed by atoms with Gasteiger partial charge in [0.1, 0.15) is 6.07 Å². The maximum absolute atomic E-state index is 13.5. The first-order chi connectivity index (χ1) is 20.3. The van der Waals surface area contributed by atoms with Gasteiger partial charge in [-0.05, 0) is 56.9 Å².